The van der Waals surface area contributed by atoms with E-state index < -0.39 is 0 Å². The third kappa shape index (κ3) is 5.40. The molecule has 1 aliphatic carbocycles. The van der Waals surface area contributed by atoms with Crippen molar-refractivity contribution >= 4 is 0 Å². The second-order valence-corrected chi connectivity index (χ2v) is 14.0. The van der Waals surface area contributed by atoms with E-state index >= 15 is 0 Å². The normalized spacial score (nSPS) is 11.3. The monoisotopic (exact) mass is 684 g/mol. The maximum Gasteiger partial charge on any atom is -0.00143 e. The molecule has 0 heteroatoms. The Morgan fingerprint density at radius 3 is 0.759 bits per heavy atom. The Kier molecular flexibility index (Phi) is 7.93. The molecule has 1 aliphatic rings. The van der Waals surface area contributed by atoms with Gasteiger partial charge < -0.3 is 0 Å². The van der Waals surface area contributed by atoms with Crippen molar-refractivity contribution in [1.82, 2.24) is 0 Å². The molecule has 0 fully saturated rings. The standard InChI is InChI=1S/C54H36/c1-4-18-37(19-5-1)41-30-16-31-42(38-20-6-2-7-21-38)53(41)54-43(39-22-8-3-9-23-39)32-17-33-44(54)40-34-35-51-49-28-13-12-26-47(49)45-24-10-11-25-46(45)48-27-14-15-29-50(48)52(51)36-40/h1-36H. The van der Waals surface area contributed by atoms with Crippen LogP contribution in [0.3, 0.4) is 0 Å². The van der Waals surface area contributed by atoms with Gasteiger partial charge in [0, 0.05) is 0 Å². The molecule has 9 aromatic carbocycles. The third-order valence-corrected chi connectivity index (χ3v) is 10.9. The first-order valence-corrected chi connectivity index (χ1v) is 18.7. The summed E-state index contributed by atoms with van der Waals surface area (Å²) in [6, 6.07) is 79.9. The smallest absolute Gasteiger partial charge is 0.00143 e. The highest BCUT2D eigenvalue weighted by Crippen LogP contribution is 2.51. The van der Waals surface area contributed by atoms with Crippen LogP contribution in [0.15, 0.2) is 218 Å². The number of hydrogen-bond acceptors (Lipinski definition) is 0. The molecule has 0 nitrogen and oxygen atoms in total. The molecular formula is C54H36. The molecule has 0 heterocycles. The summed E-state index contributed by atoms with van der Waals surface area (Å²) in [6.07, 6.45) is 0. The summed E-state index contributed by atoms with van der Waals surface area (Å²) >= 11 is 0. The van der Waals surface area contributed by atoms with E-state index in [9.17, 15) is 0 Å². The summed E-state index contributed by atoms with van der Waals surface area (Å²) in [4.78, 5) is 0. The predicted molar refractivity (Wildman–Crippen MR) is 229 cm³/mol. The third-order valence-electron chi connectivity index (χ3n) is 10.9. The molecule has 0 spiro atoms. The van der Waals surface area contributed by atoms with Gasteiger partial charge >= 0.3 is 0 Å². The first-order chi connectivity index (χ1) is 26.8. The summed E-state index contributed by atoms with van der Waals surface area (Å²) in [5, 5.41) is 0. The Bertz CT molecular complexity index is 2730. The van der Waals surface area contributed by atoms with Crippen LogP contribution in [0.2, 0.25) is 0 Å². The molecule has 0 atom stereocenters. The van der Waals surface area contributed by atoms with Gasteiger partial charge in [0.1, 0.15) is 0 Å². The Hall–Kier alpha value is -7.02. The van der Waals surface area contributed by atoms with E-state index in [1.807, 2.05) is 0 Å². The van der Waals surface area contributed by atoms with E-state index in [2.05, 4.69) is 218 Å². The zero-order chi connectivity index (χ0) is 35.8. The van der Waals surface area contributed by atoms with E-state index in [4.69, 9.17) is 0 Å². The first kappa shape index (κ1) is 31.7. The van der Waals surface area contributed by atoms with Crippen LogP contribution in [0.4, 0.5) is 0 Å². The minimum absolute atomic E-state index is 1.18. The molecule has 10 rings (SSSR count). The molecule has 0 aliphatic heterocycles. The van der Waals surface area contributed by atoms with Crippen molar-refractivity contribution in [3.05, 3.63) is 218 Å². The van der Waals surface area contributed by atoms with Crippen LogP contribution in [0.1, 0.15) is 0 Å². The first-order valence-electron chi connectivity index (χ1n) is 18.7. The van der Waals surface area contributed by atoms with E-state index in [0.717, 1.165) is 0 Å². The van der Waals surface area contributed by atoms with Gasteiger partial charge in [-0.15, -0.1) is 0 Å². The Balaban J connectivity index is 1.31. The maximum absolute atomic E-state index is 2.44. The molecule has 0 aromatic heterocycles. The zero-order valence-corrected chi connectivity index (χ0v) is 29.8. The maximum atomic E-state index is 2.44. The van der Waals surface area contributed by atoms with Crippen molar-refractivity contribution in [2.45, 2.75) is 0 Å². The van der Waals surface area contributed by atoms with E-state index in [-0.39, 0.29) is 0 Å². The summed E-state index contributed by atoms with van der Waals surface area (Å²) < 4.78 is 0. The molecule has 0 bridgehead atoms. The summed E-state index contributed by atoms with van der Waals surface area (Å²) in [5.41, 5.74) is 22.1. The zero-order valence-electron chi connectivity index (χ0n) is 29.8. The lowest BCUT2D eigenvalue weighted by atomic mass is 9.78. The van der Waals surface area contributed by atoms with Crippen LogP contribution >= 0.6 is 0 Å². The van der Waals surface area contributed by atoms with Gasteiger partial charge in [0.05, 0.1) is 0 Å². The molecule has 0 unspecified atom stereocenters. The van der Waals surface area contributed by atoms with Crippen LogP contribution in [0.25, 0.3) is 100 Å². The fourth-order valence-corrected chi connectivity index (χ4v) is 8.49. The van der Waals surface area contributed by atoms with Crippen molar-refractivity contribution in [1.29, 1.82) is 0 Å². The van der Waals surface area contributed by atoms with Crippen LogP contribution in [0, 0.1) is 0 Å². The van der Waals surface area contributed by atoms with E-state index in [0.29, 0.717) is 0 Å². The lowest BCUT2D eigenvalue weighted by Crippen LogP contribution is -1.98. The van der Waals surface area contributed by atoms with Crippen molar-refractivity contribution in [2.75, 3.05) is 0 Å². The molecule has 0 N–H and O–H groups in total. The Morgan fingerprint density at radius 1 is 0.148 bits per heavy atom. The topological polar surface area (TPSA) is 0 Å². The molecule has 9 aromatic rings. The highest BCUT2D eigenvalue weighted by atomic mass is 14.3. The average Bonchev–Trinajstić information content (AvgIpc) is 3.26. The van der Waals surface area contributed by atoms with Gasteiger partial charge in [-0.2, -0.15) is 0 Å². The van der Waals surface area contributed by atoms with Crippen LogP contribution < -0.4 is 0 Å². The van der Waals surface area contributed by atoms with Crippen LogP contribution in [0.5, 0.6) is 0 Å². The van der Waals surface area contributed by atoms with Gasteiger partial charge in [-0.1, -0.05) is 212 Å². The molecule has 0 radical (unpaired) electrons. The highest BCUT2D eigenvalue weighted by Gasteiger charge is 2.25. The lowest BCUT2D eigenvalue weighted by Gasteiger charge is -2.25. The van der Waals surface area contributed by atoms with Crippen LogP contribution in [-0.2, 0) is 0 Å². The average molecular weight is 685 g/mol. The summed E-state index contributed by atoms with van der Waals surface area (Å²) in [6.45, 7) is 0. The predicted octanol–water partition coefficient (Wildman–Crippen LogP) is 15.0. The van der Waals surface area contributed by atoms with Gasteiger partial charge in [0.15, 0.2) is 0 Å². The second-order valence-electron chi connectivity index (χ2n) is 14.0. The molecule has 0 saturated heterocycles. The van der Waals surface area contributed by atoms with Gasteiger partial charge in [0.2, 0.25) is 0 Å². The van der Waals surface area contributed by atoms with Crippen molar-refractivity contribution in [3.8, 4) is 100 Å². The summed E-state index contributed by atoms with van der Waals surface area (Å²) in [5.74, 6) is 0. The van der Waals surface area contributed by atoms with Gasteiger partial charge in [-0.3, -0.25) is 0 Å². The molecular weight excluding hydrogens is 649 g/mol. The number of benzene rings is 9. The number of rotatable bonds is 5. The number of fused-ring (bicyclic) bond motifs is 8. The SMILES string of the molecule is c1ccc(-c2cccc(-c3ccccc3)c2-c2c(-c3ccccc3)cccc2-c2ccc3c(c2)-c2ccccc2-c2ccccc2-c2ccccc2-3)cc1. The van der Waals surface area contributed by atoms with Crippen molar-refractivity contribution < 1.29 is 0 Å². The second kappa shape index (κ2) is 13.5. The van der Waals surface area contributed by atoms with E-state index in [1.165, 1.54) is 100 Å². The minimum Gasteiger partial charge on any atom is -0.0622 e. The molecule has 54 heavy (non-hydrogen) atoms. The minimum atomic E-state index is 1.18. The highest BCUT2D eigenvalue weighted by molar-refractivity contribution is 6.07. The fraction of sp³-hybridized carbons (Fsp3) is 0. The largest absolute Gasteiger partial charge is 0.0622 e. The quantitative estimate of drug-likeness (QED) is 0.169. The van der Waals surface area contributed by atoms with Crippen molar-refractivity contribution in [2.24, 2.45) is 0 Å². The van der Waals surface area contributed by atoms with E-state index in [1.54, 1.807) is 0 Å². The molecule has 252 valence electrons. The Labute approximate surface area is 317 Å². The van der Waals surface area contributed by atoms with Crippen LogP contribution in [-0.4, -0.2) is 0 Å². The molecule has 0 saturated carbocycles. The molecule has 0 amide bonds. The van der Waals surface area contributed by atoms with Gasteiger partial charge in [-0.05, 0) is 106 Å². The lowest BCUT2D eigenvalue weighted by molar-refractivity contribution is 1.51. The van der Waals surface area contributed by atoms with Crippen molar-refractivity contribution in [3.63, 3.8) is 0 Å². The number of hydrogen-bond donors (Lipinski definition) is 0. The fourth-order valence-electron chi connectivity index (χ4n) is 8.49. The summed E-state index contributed by atoms with van der Waals surface area (Å²) in [7, 11) is 0. The Morgan fingerprint density at radius 2 is 0.407 bits per heavy atom. The van der Waals surface area contributed by atoms with Gasteiger partial charge in [0.25, 0.3) is 0 Å². The van der Waals surface area contributed by atoms with Gasteiger partial charge in [-0.25, -0.2) is 0 Å².